The van der Waals surface area contributed by atoms with Crippen LogP contribution in [-0.2, 0) is 12.8 Å². The Balaban J connectivity index is 1.37. The van der Waals surface area contributed by atoms with Crippen molar-refractivity contribution >= 4 is 34.3 Å². The molecule has 0 saturated carbocycles. The van der Waals surface area contributed by atoms with E-state index in [0.29, 0.717) is 24.8 Å². The summed E-state index contributed by atoms with van der Waals surface area (Å²) in [4.78, 5) is 9.26. The van der Waals surface area contributed by atoms with E-state index in [0.717, 1.165) is 46.6 Å². The maximum Gasteiger partial charge on any atom is 0.135 e. The quantitative estimate of drug-likeness (QED) is 0.159. The third-order valence-corrected chi connectivity index (χ3v) is 7.53. The van der Waals surface area contributed by atoms with Gasteiger partial charge in [0.25, 0.3) is 0 Å². The van der Waals surface area contributed by atoms with Crippen molar-refractivity contribution in [1.82, 2.24) is 0 Å². The van der Waals surface area contributed by atoms with Crippen LogP contribution in [0.15, 0.2) is 109 Å². The van der Waals surface area contributed by atoms with E-state index < -0.39 is 0 Å². The number of nitrogens with two attached hydrogens (primary N) is 2. The summed E-state index contributed by atoms with van der Waals surface area (Å²) in [7, 11) is 0. The molecule has 5 nitrogen and oxygen atoms in total. The van der Waals surface area contributed by atoms with E-state index >= 15 is 0 Å². The van der Waals surface area contributed by atoms with Gasteiger partial charge in [-0.2, -0.15) is 22.7 Å². The van der Waals surface area contributed by atoms with Crippen LogP contribution in [0.3, 0.4) is 0 Å². The number of aliphatic imine (C=N–C) groups is 2. The van der Waals surface area contributed by atoms with Gasteiger partial charge in [0.15, 0.2) is 0 Å². The summed E-state index contributed by atoms with van der Waals surface area (Å²) in [6.07, 6.45) is 1.73. The summed E-state index contributed by atoms with van der Waals surface area (Å²) in [6, 6.07) is 24.0. The lowest BCUT2D eigenvalue weighted by Gasteiger charge is -2.09. The normalized spacial score (nSPS) is 12.2. The number of nitrogens with zero attached hydrogens (tertiary/aromatic N) is 2. The van der Waals surface area contributed by atoms with E-state index in [1.165, 1.54) is 11.1 Å². The number of hydrogen-bond acceptors (Lipinski definition) is 5. The Bertz CT molecular complexity index is 1390. The predicted octanol–water partition coefficient (Wildman–Crippen LogP) is 6.63. The minimum atomic E-state index is 0.506. The van der Waals surface area contributed by atoms with Crippen LogP contribution in [-0.4, -0.2) is 24.8 Å². The minimum Gasteiger partial charge on any atom is -0.456 e. The molecule has 186 valence electrons. The fourth-order valence-corrected chi connectivity index (χ4v) is 5.53. The van der Waals surface area contributed by atoms with Crippen molar-refractivity contribution in [2.24, 2.45) is 21.5 Å². The summed E-state index contributed by atoms with van der Waals surface area (Å²) < 4.78 is 6.35. The summed E-state index contributed by atoms with van der Waals surface area (Å²) in [5.41, 5.74) is 18.9. The second-order valence-electron chi connectivity index (χ2n) is 8.55. The Labute approximate surface area is 224 Å². The van der Waals surface area contributed by atoms with E-state index in [4.69, 9.17) is 15.9 Å². The second-order valence-corrected chi connectivity index (χ2v) is 10.1. The number of furan rings is 1. The molecule has 3 heterocycles. The molecule has 0 fully saturated rings. The van der Waals surface area contributed by atoms with Gasteiger partial charge in [-0.3, -0.25) is 9.98 Å². The lowest BCUT2D eigenvalue weighted by Crippen LogP contribution is -2.15. The molecule has 0 amide bonds. The van der Waals surface area contributed by atoms with Crippen LogP contribution in [0, 0.1) is 0 Å². The SMILES string of the molecule is NC(=NCCc1ccsc1)c1ccccc1-c1ccc(-c2ccccc2C(N)=NCCc2ccsc2)o1. The van der Waals surface area contributed by atoms with E-state index in [-0.39, 0.29) is 0 Å². The zero-order chi connectivity index (χ0) is 25.5. The van der Waals surface area contributed by atoms with Crippen molar-refractivity contribution in [2.75, 3.05) is 13.1 Å². The van der Waals surface area contributed by atoms with Gasteiger partial charge in [-0.05, 0) is 69.8 Å². The monoisotopic (exact) mass is 524 g/mol. The Kier molecular flexibility index (Phi) is 7.93. The highest BCUT2D eigenvalue weighted by Crippen LogP contribution is 2.32. The first-order valence-corrected chi connectivity index (χ1v) is 14.0. The molecule has 5 rings (SSSR count). The second kappa shape index (κ2) is 11.9. The Morgan fingerprint density at radius 3 is 1.51 bits per heavy atom. The van der Waals surface area contributed by atoms with E-state index in [2.05, 4.69) is 43.6 Å². The van der Waals surface area contributed by atoms with E-state index in [9.17, 15) is 0 Å². The molecule has 0 spiro atoms. The third-order valence-electron chi connectivity index (χ3n) is 6.07. The maximum atomic E-state index is 6.42. The molecule has 0 aliphatic carbocycles. The summed E-state index contributed by atoms with van der Waals surface area (Å²) in [5.74, 6) is 2.46. The highest BCUT2D eigenvalue weighted by molar-refractivity contribution is 7.08. The van der Waals surface area contributed by atoms with Crippen molar-refractivity contribution in [3.05, 3.63) is 117 Å². The van der Waals surface area contributed by atoms with Crippen LogP contribution in [0.25, 0.3) is 22.6 Å². The highest BCUT2D eigenvalue weighted by Gasteiger charge is 2.15. The van der Waals surface area contributed by atoms with Gasteiger partial charge in [0, 0.05) is 35.3 Å². The molecular weight excluding hydrogens is 496 g/mol. The fraction of sp³-hybridized carbons (Fsp3) is 0.133. The molecule has 0 atom stereocenters. The fourth-order valence-electron chi connectivity index (χ4n) is 4.12. The summed E-state index contributed by atoms with van der Waals surface area (Å²) in [5, 5.41) is 8.44. The largest absolute Gasteiger partial charge is 0.456 e. The van der Waals surface area contributed by atoms with Crippen LogP contribution in [0.2, 0.25) is 0 Å². The predicted molar refractivity (Wildman–Crippen MR) is 157 cm³/mol. The van der Waals surface area contributed by atoms with Gasteiger partial charge in [-0.1, -0.05) is 48.5 Å². The van der Waals surface area contributed by atoms with Gasteiger partial charge in [-0.15, -0.1) is 0 Å². The molecule has 0 bridgehead atoms. The van der Waals surface area contributed by atoms with Gasteiger partial charge < -0.3 is 15.9 Å². The van der Waals surface area contributed by atoms with Crippen LogP contribution >= 0.6 is 22.7 Å². The van der Waals surface area contributed by atoms with Crippen LogP contribution in [0.5, 0.6) is 0 Å². The third kappa shape index (κ3) is 6.07. The lowest BCUT2D eigenvalue weighted by atomic mass is 10.0. The average molecular weight is 525 g/mol. The first kappa shape index (κ1) is 24.7. The molecule has 0 aliphatic rings. The molecule has 0 radical (unpaired) electrons. The van der Waals surface area contributed by atoms with E-state index in [1.807, 2.05) is 60.7 Å². The van der Waals surface area contributed by atoms with Gasteiger partial charge in [0.1, 0.15) is 23.2 Å². The standard InChI is InChI=1S/C30H28N4OS2/c31-29(33-15-11-21-13-17-36-19-21)25-7-3-1-5-23(25)27-9-10-28(35-27)24-6-2-4-8-26(24)30(32)34-16-12-22-14-18-37-20-22/h1-10,13-14,17-20H,11-12,15-16H2,(H2,31,33)(H2,32,34). The Hall–Kier alpha value is -3.94. The zero-order valence-corrected chi connectivity index (χ0v) is 22.0. The number of hydrogen-bond donors (Lipinski definition) is 2. The molecule has 2 aromatic carbocycles. The van der Waals surface area contributed by atoms with Crippen molar-refractivity contribution in [2.45, 2.75) is 12.8 Å². The molecule has 37 heavy (non-hydrogen) atoms. The first-order chi connectivity index (χ1) is 18.2. The molecule has 4 N–H and O–H groups in total. The van der Waals surface area contributed by atoms with Crippen molar-refractivity contribution in [3.63, 3.8) is 0 Å². The van der Waals surface area contributed by atoms with Gasteiger partial charge in [0.05, 0.1) is 0 Å². The van der Waals surface area contributed by atoms with Crippen LogP contribution in [0.1, 0.15) is 22.3 Å². The molecule has 0 aliphatic heterocycles. The van der Waals surface area contributed by atoms with Gasteiger partial charge >= 0.3 is 0 Å². The minimum absolute atomic E-state index is 0.506. The first-order valence-electron chi connectivity index (χ1n) is 12.1. The number of benzene rings is 2. The molecule has 7 heteroatoms. The van der Waals surface area contributed by atoms with Crippen LogP contribution in [0.4, 0.5) is 0 Å². The van der Waals surface area contributed by atoms with Crippen LogP contribution < -0.4 is 11.5 Å². The topological polar surface area (TPSA) is 89.9 Å². The number of rotatable bonds is 10. The molecule has 0 unspecified atom stereocenters. The van der Waals surface area contributed by atoms with Crippen molar-refractivity contribution < 1.29 is 4.42 Å². The maximum absolute atomic E-state index is 6.42. The summed E-state index contributed by atoms with van der Waals surface area (Å²) >= 11 is 3.39. The smallest absolute Gasteiger partial charge is 0.135 e. The molecule has 5 aromatic rings. The molecular formula is C30H28N4OS2. The van der Waals surface area contributed by atoms with Gasteiger partial charge in [0.2, 0.25) is 0 Å². The van der Waals surface area contributed by atoms with Gasteiger partial charge in [-0.25, -0.2) is 0 Å². The van der Waals surface area contributed by atoms with E-state index in [1.54, 1.807) is 22.7 Å². The number of thiophene rings is 2. The highest BCUT2D eigenvalue weighted by atomic mass is 32.1. The van der Waals surface area contributed by atoms with Crippen molar-refractivity contribution in [1.29, 1.82) is 0 Å². The molecule has 0 saturated heterocycles. The molecule has 3 aromatic heterocycles. The lowest BCUT2D eigenvalue weighted by molar-refractivity contribution is 0.597. The average Bonchev–Trinajstić information content (AvgIpc) is 3.72. The number of amidine groups is 2. The Morgan fingerprint density at radius 1 is 0.622 bits per heavy atom. The summed E-state index contributed by atoms with van der Waals surface area (Å²) in [6.45, 7) is 1.28. The Morgan fingerprint density at radius 2 is 1.08 bits per heavy atom. The van der Waals surface area contributed by atoms with Crippen molar-refractivity contribution in [3.8, 4) is 22.6 Å². The zero-order valence-electron chi connectivity index (χ0n) is 20.3.